The Hall–Kier alpha value is -5.80. The first-order valence-corrected chi connectivity index (χ1v) is 14.5. The van der Waals surface area contributed by atoms with Crippen LogP contribution in [0.4, 0.5) is 0 Å². The third-order valence-electron chi connectivity index (χ3n) is 7.98. The van der Waals surface area contributed by atoms with Gasteiger partial charge in [0.25, 0.3) is 0 Å². The number of para-hydroxylation sites is 2. The van der Waals surface area contributed by atoms with E-state index in [2.05, 4.69) is 144 Å². The van der Waals surface area contributed by atoms with Crippen LogP contribution in [-0.4, -0.2) is 14.5 Å². The molecule has 0 bridgehead atoms. The summed E-state index contributed by atoms with van der Waals surface area (Å²) in [6.07, 6.45) is 0. The number of nitrogens with zero attached hydrogens (tertiary/aromatic N) is 3. The van der Waals surface area contributed by atoms with E-state index in [1.54, 1.807) is 0 Å². The molecule has 0 N–H and O–H groups in total. The second-order valence-electron chi connectivity index (χ2n) is 10.7. The van der Waals surface area contributed by atoms with Crippen LogP contribution in [0, 0.1) is 0 Å². The standard InChI is InChI=1S/C40H27N3/c1-5-15-28(16-6-1)31-25-32(29-17-7-2-8-18-29)27-33(26-31)38-37-35-23-13-14-24-36(35)43(34-21-11-4-12-22-34)40(37)42-39(41-38)30-19-9-3-10-20-30/h1-27H. The number of hydrogen-bond acceptors (Lipinski definition) is 2. The van der Waals surface area contributed by atoms with Crippen LogP contribution in [0.5, 0.6) is 0 Å². The average molecular weight is 550 g/mol. The molecule has 43 heavy (non-hydrogen) atoms. The average Bonchev–Trinajstić information content (AvgIpc) is 3.43. The van der Waals surface area contributed by atoms with Crippen LogP contribution >= 0.6 is 0 Å². The number of rotatable bonds is 5. The van der Waals surface area contributed by atoms with Crippen molar-refractivity contribution in [3.8, 4) is 50.6 Å². The fraction of sp³-hybridized carbons (Fsp3) is 0. The van der Waals surface area contributed by atoms with Gasteiger partial charge in [-0.1, -0.05) is 127 Å². The molecule has 0 aliphatic carbocycles. The lowest BCUT2D eigenvalue weighted by molar-refractivity contribution is 1.11. The van der Waals surface area contributed by atoms with Gasteiger partial charge in [-0.3, -0.25) is 4.57 Å². The van der Waals surface area contributed by atoms with E-state index in [0.29, 0.717) is 5.82 Å². The molecule has 8 aromatic rings. The zero-order valence-corrected chi connectivity index (χ0v) is 23.4. The van der Waals surface area contributed by atoms with Gasteiger partial charge >= 0.3 is 0 Å². The molecule has 0 saturated carbocycles. The fourth-order valence-corrected chi connectivity index (χ4v) is 5.98. The van der Waals surface area contributed by atoms with Crippen molar-refractivity contribution >= 4 is 21.9 Å². The van der Waals surface area contributed by atoms with E-state index in [1.807, 2.05) is 24.3 Å². The smallest absolute Gasteiger partial charge is 0.162 e. The Kier molecular flexibility index (Phi) is 6.12. The summed E-state index contributed by atoms with van der Waals surface area (Å²) in [5, 5.41) is 2.17. The summed E-state index contributed by atoms with van der Waals surface area (Å²) in [6, 6.07) is 57.3. The molecule has 0 aliphatic heterocycles. The van der Waals surface area contributed by atoms with Crippen molar-refractivity contribution < 1.29 is 0 Å². The highest BCUT2D eigenvalue weighted by Crippen LogP contribution is 2.40. The van der Waals surface area contributed by atoms with Gasteiger partial charge in [0.1, 0.15) is 5.65 Å². The number of aromatic nitrogens is 3. The molecule has 0 atom stereocenters. The van der Waals surface area contributed by atoms with Crippen LogP contribution in [-0.2, 0) is 0 Å². The molecule has 202 valence electrons. The molecule has 3 nitrogen and oxygen atoms in total. The first kappa shape index (κ1) is 25.0. The molecule has 2 aromatic heterocycles. The largest absolute Gasteiger partial charge is 0.294 e. The zero-order valence-electron chi connectivity index (χ0n) is 23.4. The van der Waals surface area contributed by atoms with Gasteiger partial charge in [0.05, 0.1) is 16.6 Å². The lowest BCUT2D eigenvalue weighted by atomic mass is 9.94. The molecular weight excluding hydrogens is 522 g/mol. The van der Waals surface area contributed by atoms with Crippen LogP contribution in [0.2, 0.25) is 0 Å². The predicted octanol–water partition coefficient (Wildman–Crippen LogP) is 10.2. The third kappa shape index (κ3) is 4.48. The molecule has 8 rings (SSSR count). The maximum atomic E-state index is 5.34. The summed E-state index contributed by atoms with van der Waals surface area (Å²) < 4.78 is 2.27. The van der Waals surface area contributed by atoms with E-state index >= 15 is 0 Å². The Bertz CT molecular complexity index is 2140. The summed E-state index contributed by atoms with van der Waals surface area (Å²) in [7, 11) is 0. The minimum absolute atomic E-state index is 0.703. The quantitative estimate of drug-likeness (QED) is 0.214. The Morgan fingerprint density at radius 2 is 0.884 bits per heavy atom. The van der Waals surface area contributed by atoms with Crippen LogP contribution < -0.4 is 0 Å². The highest BCUT2D eigenvalue weighted by molar-refractivity contribution is 6.14. The second kappa shape index (κ2) is 10.6. The molecule has 0 fully saturated rings. The Morgan fingerprint density at radius 1 is 0.395 bits per heavy atom. The van der Waals surface area contributed by atoms with Gasteiger partial charge in [0.2, 0.25) is 0 Å². The van der Waals surface area contributed by atoms with Crippen LogP contribution in [0.3, 0.4) is 0 Å². The Morgan fingerprint density at radius 3 is 1.49 bits per heavy atom. The summed E-state index contributed by atoms with van der Waals surface area (Å²) in [5.41, 5.74) is 10.7. The van der Waals surface area contributed by atoms with Crippen LogP contribution in [0.25, 0.3) is 72.5 Å². The lowest BCUT2D eigenvalue weighted by Crippen LogP contribution is -1.99. The first-order valence-electron chi connectivity index (χ1n) is 14.5. The number of benzene rings is 6. The van der Waals surface area contributed by atoms with Gasteiger partial charge in [0, 0.05) is 22.2 Å². The van der Waals surface area contributed by atoms with E-state index < -0.39 is 0 Å². The fourth-order valence-electron chi connectivity index (χ4n) is 5.98. The molecule has 0 amide bonds. The van der Waals surface area contributed by atoms with Gasteiger partial charge in [-0.15, -0.1) is 0 Å². The SMILES string of the molecule is c1ccc(-c2cc(-c3ccccc3)cc(-c3nc(-c4ccccc4)nc4c3c3ccccc3n4-c3ccccc3)c2)cc1. The monoisotopic (exact) mass is 549 g/mol. The minimum Gasteiger partial charge on any atom is -0.294 e. The van der Waals surface area contributed by atoms with Crippen molar-refractivity contribution in [2.45, 2.75) is 0 Å². The number of hydrogen-bond donors (Lipinski definition) is 0. The van der Waals surface area contributed by atoms with E-state index in [1.165, 1.54) is 11.1 Å². The summed E-state index contributed by atoms with van der Waals surface area (Å²) >= 11 is 0. The van der Waals surface area contributed by atoms with Crippen molar-refractivity contribution in [2.75, 3.05) is 0 Å². The Labute approximate surface area is 250 Å². The molecule has 2 heterocycles. The maximum absolute atomic E-state index is 5.34. The lowest BCUT2D eigenvalue weighted by Gasteiger charge is -2.13. The molecule has 0 unspecified atom stereocenters. The molecule has 0 saturated heterocycles. The highest BCUT2D eigenvalue weighted by atomic mass is 15.1. The maximum Gasteiger partial charge on any atom is 0.162 e. The minimum atomic E-state index is 0.703. The van der Waals surface area contributed by atoms with Gasteiger partial charge in [-0.25, -0.2) is 9.97 Å². The van der Waals surface area contributed by atoms with Crippen molar-refractivity contribution in [3.63, 3.8) is 0 Å². The normalized spacial score (nSPS) is 11.3. The summed E-state index contributed by atoms with van der Waals surface area (Å²) in [4.78, 5) is 10.6. The highest BCUT2D eigenvalue weighted by Gasteiger charge is 2.21. The van der Waals surface area contributed by atoms with E-state index in [-0.39, 0.29) is 0 Å². The van der Waals surface area contributed by atoms with Crippen LogP contribution in [0.15, 0.2) is 164 Å². The first-order chi connectivity index (χ1) is 21.3. The van der Waals surface area contributed by atoms with Gasteiger partial charge in [-0.2, -0.15) is 0 Å². The van der Waals surface area contributed by atoms with Crippen molar-refractivity contribution in [3.05, 3.63) is 164 Å². The molecular formula is C40H27N3. The van der Waals surface area contributed by atoms with Crippen LogP contribution in [0.1, 0.15) is 0 Å². The summed E-state index contributed by atoms with van der Waals surface area (Å²) in [6.45, 7) is 0. The van der Waals surface area contributed by atoms with Crippen molar-refractivity contribution in [1.82, 2.24) is 14.5 Å². The zero-order chi connectivity index (χ0) is 28.6. The van der Waals surface area contributed by atoms with Crippen molar-refractivity contribution in [2.24, 2.45) is 0 Å². The van der Waals surface area contributed by atoms with Crippen molar-refractivity contribution in [1.29, 1.82) is 0 Å². The predicted molar refractivity (Wildman–Crippen MR) is 178 cm³/mol. The molecule has 0 spiro atoms. The van der Waals surface area contributed by atoms with E-state index in [0.717, 1.165) is 55.6 Å². The molecule has 0 aliphatic rings. The third-order valence-corrected chi connectivity index (χ3v) is 7.98. The molecule has 6 aromatic carbocycles. The second-order valence-corrected chi connectivity index (χ2v) is 10.7. The van der Waals surface area contributed by atoms with E-state index in [4.69, 9.17) is 9.97 Å². The Balaban J connectivity index is 1.50. The topological polar surface area (TPSA) is 30.7 Å². The summed E-state index contributed by atoms with van der Waals surface area (Å²) in [5.74, 6) is 0.703. The van der Waals surface area contributed by atoms with Gasteiger partial charge in [-0.05, 0) is 58.7 Å². The number of fused-ring (bicyclic) bond motifs is 3. The van der Waals surface area contributed by atoms with E-state index in [9.17, 15) is 0 Å². The molecule has 3 heteroatoms. The molecule has 0 radical (unpaired) electrons. The van der Waals surface area contributed by atoms with Gasteiger partial charge < -0.3 is 0 Å². The van der Waals surface area contributed by atoms with Gasteiger partial charge in [0.15, 0.2) is 5.82 Å².